The molecule has 2 saturated carbocycles. The zero-order chi connectivity index (χ0) is 34.5. The van der Waals surface area contributed by atoms with E-state index in [9.17, 15) is 26.8 Å². The summed E-state index contributed by atoms with van der Waals surface area (Å²) < 4.78 is 66.3. The number of alkyl halides is 2. The van der Waals surface area contributed by atoms with Crippen LogP contribution in [0.3, 0.4) is 0 Å². The van der Waals surface area contributed by atoms with Gasteiger partial charge in [-0.05, 0) is 83.3 Å². The van der Waals surface area contributed by atoms with Crippen LogP contribution in [0.15, 0.2) is 35.2 Å². The third-order valence-corrected chi connectivity index (χ3v) is 7.74. The molecule has 3 heterocycles. The second kappa shape index (κ2) is 14.9. The molecule has 0 aromatic carbocycles. The average molecular weight is 681 g/mol. The second-order valence-corrected chi connectivity index (χ2v) is 14.4. The molecule has 0 spiro atoms. The Balaban J connectivity index is 0.000000930. The molecule has 0 unspecified atom stereocenters. The first-order valence-electron chi connectivity index (χ1n) is 15.5. The number of nitrogens with one attached hydrogen (secondary N) is 1. The highest BCUT2D eigenvalue weighted by Gasteiger charge is 2.32. The van der Waals surface area contributed by atoms with Crippen LogP contribution < -0.4 is 10.2 Å². The van der Waals surface area contributed by atoms with Crippen LogP contribution in [0.1, 0.15) is 101 Å². The van der Waals surface area contributed by atoms with Crippen LogP contribution in [0.25, 0.3) is 11.5 Å². The van der Waals surface area contributed by atoms with Gasteiger partial charge in [-0.2, -0.15) is 13.5 Å². The molecule has 3 aromatic rings. The van der Waals surface area contributed by atoms with E-state index in [2.05, 4.69) is 27.3 Å². The number of halogens is 2. The number of hydrogen-bond acceptors (Lipinski definition) is 9. The molecule has 13 nitrogen and oxygen atoms in total. The topological polar surface area (TPSA) is 170 Å². The summed E-state index contributed by atoms with van der Waals surface area (Å²) in [5.74, 6) is 0.840. The molecule has 0 saturated heterocycles. The first-order valence-corrected chi connectivity index (χ1v) is 17.4. The maximum Gasteiger partial charge on any atom is 0.416 e. The maximum atomic E-state index is 13.8. The Morgan fingerprint density at radius 3 is 2.38 bits per heavy atom. The first-order chi connectivity index (χ1) is 22.0. The van der Waals surface area contributed by atoms with Crippen LogP contribution in [0, 0.1) is 11.8 Å². The minimum atomic E-state index is -3.67. The van der Waals surface area contributed by atoms with Crippen LogP contribution in [0.4, 0.5) is 25.1 Å². The summed E-state index contributed by atoms with van der Waals surface area (Å²) in [5, 5.41) is 6.67. The summed E-state index contributed by atoms with van der Waals surface area (Å²) >= 11 is 0. The normalized spacial score (nSPS) is 18.3. The van der Waals surface area contributed by atoms with Gasteiger partial charge in [0.2, 0.25) is 5.89 Å². The van der Waals surface area contributed by atoms with E-state index in [0.29, 0.717) is 36.0 Å². The number of ether oxygens (including phenoxy) is 1. The summed E-state index contributed by atoms with van der Waals surface area (Å²) in [6, 6.07) is 3.32. The molecule has 47 heavy (non-hydrogen) atoms. The quantitative estimate of drug-likeness (QED) is 0.226. The van der Waals surface area contributed by atoms with E-state index >= 15 is 0 Å². The maximum absolute atomic E-state index is 13.8. The molecule has 2 aliphatic rings. The second-order valence-electron chi connectivity index (χ2n) is 13.0. The standard InChI is InChI=1S/C30H38F2N6O4.CH4O3S/c1-5-18-8-10-21(11-9-18)38-16-22(25(36-38)26(31)32)34-27(39)23-17-41-28(35-23)20-12-13-33-24(14-20)37(15-19-6-7-19)29(40)42-30(2,3)4;1-5(2,3)4/h12-14,16-19,21,26H,5-11,15H2,1-4H3,(H,34,39);1H3,(H,2,3,4). The molecular weight excluding hydrogens is 638 g/mol. The average Bonchev–Trinajstić information content (AvgIpc) is 3.49. The minimum Gasteiger partial charge on any atom is -0.444 e. The highest BCUT2D eigenvalue weighted by molar-refractivity contribution is 7.85. The predicted octanol–water partition coefficient (Wildman–Crippen LogP) is 6.92. The fraction of sp³-hybridized carbons (Fsp3) is 0.581. The zero-order valence-electron chi connectivity index (χ0n) is 27.1. The fourth-order valence-electron chi connectivity index (χ4n) is 5.20. The van der Waals surface area contributed by atoms with E-state index in [-0.39, 0.29) is 23.3 Å². The number of anilines is 2. The van der Waals surface area contributed by atoms with E-state index in [4.69, 9.17) is 13.7 Å². The van der Waals surface area contributed by atoms with Crippen LogP contribution in [0.2, 0.25) is 0 Å². The van der Waals surface area contributed by atoms with Crippen molar-refractivity contribution in [3.8, 4) is 11.5 Å². The highest BCUT2D eigenvalue weighted by Crippen LogP contribution is 2.36. The summed E-state index contributed by atoms with van der Waals surface area (Å²) in [7, 11) is -3.67. The number of nitrogens with zero attached hydrogens (tertiary/aromatic N) is 5. The highest BCUT2D eigenvalue weighted by atomic mass is 32.2. The molecular formula is C31H42F2N6O7S. The monoisotopic (exact) mass is 680 g/mol. The number of hydrogen-bond donors (Lipinski definition) is 2. The van der Waals surface area contributed by atoms with Crippen LogP contribution >= 0.6 is 0 Å². The number of carbonyl (C=O) groups excluding carboxylic acids is 2. The molecule has 0 radical (unpaired) electrons. The lowest BCUT2D eigenvalue weighted by Crippen LogP contribution is -2.38. The fourth-order valence-corrected chi connectivity index (χ4v) is 5.20. The van der Waals surface area contributed by atoms with Crippen molar-refractivity contribution in [3.05, 3.63) is 42.2 Å². The molecule has 2 N–H and O–H groups in total. The van der Waals surface area contributed by atoms with Crippen molar-refractivity contribution < 1.29 is 40.5 Å². The molecule has 16 heteroatoms. The number of oxazole rings is 1. The zero-order valence-corrected chi connectivity index (χ0v) is 28.0. The Bertz CT molecular complexity index is 1630. The van der Waals surface area contributed by atoms with E-state index in [1.165, 1.54) is 23.6 Å². The third-order valence-electron chi connectivity index (χ3n) is 7.74. The molecule has 5 rings (SSSR count). The summed E-state index contributed by atoms with van der Waals surface area (Å²) in [5.41, 5.74) is -0.775. The number of aromatic nitrogens is 4. The van der Waals surface area contributed by atoms with Gasteiger partial charge in [0.15, 0.2) is 11.4 Å². The summed E-state index contributed by atoms with van der Waals surface area (Å²) in [4.78, 5) is 36.1. The SMILES string of the molecule is CCC1CCC(n2cc(NC(=O)c3coc(-c4ccnc(N(CC5CC5)C(=O)OC(C)(C)C)c4)n3)c(C(F)F)n2)CC1.CS(=O)(=O)O. The van der Waals surface area contributed by atoms with Crippen molar-refractivity contribution in [2.45, 2.75) is 90.7 Å². The van der Waals surface area contributed by atoms with E-state index in [1.54, 1.807) is 37.6 Å². The van der Waals surface area contributed by atoms with Gasteiger partial charge in [0, 0.05) is 24.5 Å². The lowest BCUT2D eigenvalue weighted by atomic mass is 9.85. The number of carbonyl (C=O) groups is 2. The van der Waals surface area contributed by atoms with Gasteiger partial charge in [0.05, 0.1) is 18.0 Å². The molecule has 2 aliphatic carbocycles. The van der Waals surface area contributed by atoms with E-state index < -0.39 is 39.8 Å². The number of amides is 2. The van der Waals surface area contributed by atoms with Crippen LogP contribution in [-0.4, -0.2) is 63.1 Å². The Kier molecular flexibility index (Phi) is 11.4. The van der Waals surface area contributed by atoms with Crippen LogP contribution in [0.5, 0.6) is 0 Å². The Labute approximate surface area is 272 Å². The van der Waals surface area contributed by atoms with Crippen molar-refractivity contribution in [2.75, 3.05) is 23.0 Å². The number of pyridine rings is 1. The van der Waals surface area contributed by atoms with Crippen molar-refractivity contribution in [1.82, 2.24) is 19.7 Å². The molecule has 0 bridgehead atoms. The lowest BCUT2D eigenvalue weighted by molar-refractivity contribution is 0.0577. The van der Waals surface area contributed by atoms with Crippen LogP contribution in [-0.2, 0) is 14.9 Å². The third kappa shape index (κ3) is 10.8. The smallest absolute Gasteiger partial charge is 0.416 e. The van der Waals surface area contributed by atoms with Crippen molar-refractivity contribution in [1.29, 1.82) is 0 Å². The van der Waals surface area contributed by atoms with Gasteiger partial charge in [-0.3, -0.25) is 18.9 Å². The Hall–Kier alpha value is -3.92. The van der Waals surface area contributed by atoms with Gasteiger partial charge in [-0.15, -0.1) is 0 Å². The summed E-state index contributed by atoms with van der Waals surface area (Å²) in [6.07, 6.45) is 8.50. The van der Waals surface area contributed by atoms with E-state index in [1.807, 2.05) is 0 Å². The van der Waals surface area contributed by atoms with Gasteiger partial charge >= 0.3 is 6.09 Å². The molecule has 0 atom stereocenters. The van der Waals surface area contributed by atoms with Crippen molar-refractivity contribution in [3.63, 3.8) is 0 Å². The first kappa shape index (κ1) is 35.9. The van der Waals surface area contributed by atoms with Crippen molar-refractivity contribution in [2.24, 2.45) is 11.8 Å². The molecule has 2 fully saturated rings. The molecule has 258 valence electrons. The summed E-state index contributed by atoms with van der Waals surface area (Å²) in [6.45, 7) is 8.05. The van der Waals surface area contributed by atoms with Gasteiger partial charge in [-0.1, -0.05) is 13.3 Å². The predicted molar refractivity (Wildman–Crippen MR) is 170 cm³/mol. The van der Waals surface area contributed by atoms with Gasteiger partial charge in [0.1, 0.15) is 17.7 Å². The van der Waals surface area contributed by atoms with Gasteiger partial charge in [0.25, 0.3) is 22.5 Å². The Morgan fingerprint density at radius 1 is 1.17 bits per heavy atom. The Morgan fingerprint density at radius 2 is 1.81 bits per heavy atom. The van der Waals surface area contributed by atoms with Crippen molar-refractivity contribution >= 4 is 33.6 Å². The lowest BCUT2D eigenvalue weighted by Gasteiger charge is -2.27. The molecule has 3 aromatic heterocycles. The molecule has 2 amide bonds. The van der Waals surface area contributed by atoms with Gasteiger partial charge < -0.3 is 14.5 Å². The largest absolute Gasteiger partial charge is 0.444 e. The minimum absolute atomic E-state index is 0.0238. The molecule has 0 aliphatic heterocycles. The van der Waals surface area contributed by atoms with Gasteiger partial charge in [-0.25, -0.2) is 23.5 Å². The number of rotatable bonds is 9. The van der Waals surface area contributed by atoms with E-state index in [0.717, 1.165) is 44.9 Å².